The van der Waals surface area contributed by atoms with E-state index in [0.29, 0.717) is 19.7 Å². The Bertz CT molecular complexity index is 296. The Labute approximate surface area is 107 Å². The predicted octanol–water partition coefficient (Wildman–Crippen LogP) is -0.0659. The number of likely N-dealkylation sites (tertiary alicyclic amines) is 1. The maximum atomic E-state index is 11.7. The molecule has 1 aliphatic rings. The second-order valence-corrected chi connectivity index (χ2v) is 4.91. The molecule has 0 saturated carbocycles. The summed E-state index contributed by atoms with van der Waals surface area (Å²) in [5, 5.41) is 11.5. The van der Waals surface area contributed by atoms with Crippen LogP contribution in [0.25, 0.3) is 0 Å². The summed E-state index contributed by atoms with van der Waals surface area (Å²) < 4.78 is 4.94. The molecule has 0 bridgehead atoms. The third kappa shape index (κ3) is 5.46. The zero-order valence-electron chi connectivity index (χ0n) is 11.0. The molecule has 6 nitrogen and oxygen atoms in total. The first-order valence-corrected chi connectivity index (χ1v) is 6.23. The molecule has 2 N–H and O–H groups in total. The minimum absolute atomic E-state index is 0.0000745. The molecule has 1 rings (SSSR count). The predicted molar refractivity (Wildman–Crippen MR) is 66.3 cm³/mol. The van der Waals surface area contributed by atoms with Crippen LogP contribution >= 0.6 is 0 Å². The molecule has 0 radical (unpaired) electrons. The van der Waals surface area contributed by atoms with Crippen molar-refractivity contribution in [3.63, 3.8) is 0 Å². The molecule has 1 fully saturated rings. The molecule has 18 heavy (non-hydrogen) atoms. The van der Waals surface area contributed by atoms with Gasteiger partial charge in [-0.15, -0.1) is 0 Å². The maximum absolute atomic E-state index is 11.7. The second kappa shape index (κ2) is 7.33. The van der Waals surface area contributed by atoms with E-state index in [1.807, 2.05) is 11.8 Å². The molecule has 1 aliphatic heterocycles. The SMILES string of the molecule is COCC(C)NC(=O)CN1CCC(CC(=O)O)C1. The van der Waals surface area contributed by atoms with E-state index >= 15 is 0 Å². The Morgan fingerprint density at radius 3 is 2.89 bits per heavy atom. The number of methoxy groups -OCH3 is 1. The summed E-state index contributed by atoms with van der Waals surface area (Å²) in [6, 6.07) is -0.0000745. The van der Waals surface area contributed by atoms with Crippen LogP contribution in [0.15, 0.2) is 0 Å². The molecule has 1 amide bonds. The highest BCUT2D eigenvalue weighted by atomic mass is 16.5. The fourth-order valence-electron chi connectivity index (χ4n) is 2.29. The number of carbonyl (C=O) groups excluding carboxylic acids is 1. The maximum Gasteiger partial charge on any atom is 0.303 e. The molecule has 0 aromatic heterocycles. The Morgan fingerprint density at radius 1 is 1.56 bits per heavy atom. The zero-order valence-corrected chi connectivity index (χ0v) is 11.0. The summed E-state index contributed by atoms with van der Waals surface area (Å²) in [5.41, 5.74) is 0. The minimum atomic E-state index is -0.764. The van der Waals surface area contributed by atoms with Crippen molar-refractivity contribution in [2.45, 2.75) is 25.8 Å². The lowest BCUT2D eigenvalue weighted by atomic mass is 10.1. The summed E-state index contributed by atoms with van der Waals surface area (Å²) in [6.45, 7) is 4.21. The van der Waals surface area contributed by atoms with Crippen molar-refractivity contribution in [3.8, 4) is 0 Å². The smallest absolute Gasteiger partial charge is 0.303 e. The van der Waals surface area contributed by atoms with E-state index in [4.69, 9.17) is 9.84 Å². The summed E-state index contributed by atoms with van der Waals surface area (Å²) in [6.07, 6.45) is 1.05. The number of carboxylic acid groups (broad SMARTS) is 1. The van der Waals surface area contributed by atoms with Gasteiger partial charge in [-0.2, -0.15) is 0 Å². The lowest BCUT2D eigenvalue weighted by Crippen LogP contribution is -2.42. The van der Waals surface area contributed by atoms with Crippen LogP contribution in [0.4, 0.5) is 0 Å². The number of ether oxygens (including phenoxy) is 1. The number of aliphatic carboxylic acids is 1. The number of nitrogens with zero attached hydrogens (tertiary/aromatic N) is 1. The van der Waals surface area contributed by atoms with Gasteiger partial charge in [0.2, 0.25) is 5.91 Å². The summed E-state index contributed by atoms with van der Waals surface area (Å²) in [7, 11) is 1.60. The zero-order chi connectivity index (χ0) is 13.5. The van der Waals surface area contributed by atoms with Crippen molar-refractivity contribution < 1.29 is 19.4 Å². The van der Waals surface area contributed by atoms with E-state index in [-0.39, 0.29) is 24.3 Å². The fourth-order valence-corrected chi connectivity index (χ4v) is 2.29. The molecule has 1 saturated heterocycles. The topological polar surface area (TPSA) is 78.9 Å². The highest BCUT2D eigenvalue weighted by Crippen LogP contribution is 2.18. The number of carboxylic acids is 1. The Balaban J connectivity index is 2.23. The average molecular weight is 258 g/mol. The van der Waals surface area contributed by atoms with Crippen molar-refractivity contribution in [2.24, 2.45) is 5.92 Å². The molecule has 104 valence electrons. The number of rotatable bonds is 7. The molecule has 2 atom stereocenters. The summed E-state index contributed by atoms with van der Waals surface area (Å²) in [4.78, 5) is 24.3. The Kier molecular flexibility index (Phi) is 6.07. The molecule has 0 aromatic carbocycles. The van der Waals surface area contributed by atoms with Gasteiger partial charge in [0, 0.05) is 26.1 Å². The van der Waals surface area contributed by atoms with Gasteiger partial charge in [-0.05, 0) is 25.8 Å². The van der Waals surface area contributed by atoms with Gasteiger partial charge in [0.25, 0.3) is 0 Å². The van der Waals surface area contributed by atoms with Crippen LogP contribution < -0.4 is 5.32 Å². The fraction of sp³-hybridized carbons (Fsp3) is 0.833. The number of carbonyl (C=O) groups is 2. The van der Waals surface area contributed by atoms with E-state index in [9.17, 15) is 9.59 Å². The summed E-state index contributed by atoms with van der Waals surface area (Å²) in [5.74, 6) is -0.623. The van der Waals surface area contributed by atoms with Gasteiger partial charge in [0.1, 0.15) is 0 Å². The first-order valence-electron chi connectivity index (χ1n) is 6.23. The third-order valence-electron chi connectivity index (χ3n) is 3.02. The van der Waals surface area contributed by atoms with Crippen molar-refractivity contribution in [1.29, 1.82) is 0 Å². The minimum Gasteiger partial charge on any atom is -0.481 e. The van der Waals surface area contributed by atoms with Crippen molar-refractivity contribution in [2.75, 3.05) is 33.4 Å². The monoisotopic (exact) mass is 258 g/mol. The molecule has 1 heterocycles. The lowest BCUT2D eigenvalue weighted by molar-refractivity contribution is -0.138. The van der Waals surface area contributed by atoms with Crippen LogP contribution in [0, 0.1) is 5.92 Å². The highest BCUT2D eigenvalue weighted by molar-refractivity contribution is 5.78. The number of nitrogens with one attached hydrogen (secondary N) is 1. The summed E-state index contributed by atoms with van der Waals surface area (Å²) >= 11 is 0. The lowest BCUT2D eigenvalue weighted by Gasteiger charge is -2.18. The molecule has 6 heteroatoms. The number of hydrogen-bond acceptors (Lipinski definition) is 4. The first kappa shape index (κ1) is 14.9. The average Bonchev–Trinajstić information content (AvgIpc) is 2.64. The van der Waals surface area contributed by atoms with Crippen LogP contribution in [0.2, 0.25) is 0 Å². The van der Waals surface area contributed by atoms with Crippen LogP contribution in [-0.2, 0) is 14.3 Å². The molecule has 0 aromatic rings. The largest absolute Gasteiger partial charge is 0.481 e. The molecular formula is C12H22N2O4. The number of amides is 1. The van der Waals surface area contributed by atoms with Gasteiger partial charge in [0.15, 0.2) is 0 Å². The van der Waals surface area contributed by atoms with Gasteiger partial charge in [-0.3, -0.25) is 14.5 Å². The van der Waals surface area contributed by atoms with Gasteiger partial charge in [-0.1, -0.05) is 0 Å². The Morgan fingerprint density at radius 2 is 2.28 bits per heavy atom. The second-order valence-electron chi connectivity index (χ2n) is 4.91. The van der Waals surface area contributed by atoms with Gasteiger partial charge < -0.3 is 15.2 Å². The Hall–Kier alpha value is -1.14. The van der Waals surface area contributed by atoms with Gasteiger partial charge in [0.05, 0.1) is 13.2 Å². The van der Waals surface area contributed by atoms with Crippen molar-refractivity contribution >= 4 is 11.9 Å². The van der Waals surface area contributed by atoms with E-state index < -0.39 is 5.97 Å². The van der Waals surface area contributed by atoms with E-state index in [0.717, 1.165) is 13.0 Å². The molecule has 2 unspecified atom stereocenters. The van der Waals surface area contributed by atoms with Gasteiger partial charge in [-0.25, -0.2) is 0 Å². The van der Waals surface area contributed by atoms with E-state index in [2.05, 4.69) is 5.32 Å². The standard InChI is InChI=1S/C12H22N2O4/c1-9(8-18-2)13-11(15)7-14-4-3-10(6-14)5-12(16)17/h9-10H,3-8H2,1-2H3,(H,13,15)(H,16,17). The molecule has 0 spiro atoms. The molecule has 0 aliphatic carbocycles. The first-order chi connectivity index (χ1) is 8.51. The van der Waals surface area contributed by atoms with Crippen molar-refractivity contribution in [1.82, 2.24) is 10.2 Å². The van der Waals surface area contributed by atoms with E-state index in [1.54, 1.807) is 7.11 Å². The quantitative estimate of drug-likeness (QED) is 0.668. The van der Waals surface area contributed by atoms with Gasteiger partial charge >= 0.3 is 5.97 Å². The van der Waals surface area contributed by atoms with Crippen molar-refractivity contribution in [3.05, 3.63) is 0 Å². The van der Waals surface area contributed by atoms with Crippen LogP contribution in [0.5, 0.6) is 0 Å². The third-order valence-corrected chi connectivity index (χ3v) is 3.02. The van der Waals surface area contributed by atoms with Crippen LogP contribution in [-0.4, -0.2) is 61.3 Å². The van der Waals surface area contributed by atoms with Crippen LogP contribution in [0.1, 0.15) is 19.8 Å². The number of hydrogen-bond donors (Lipinski definition) is 2. The molecular weight excluding hydrogens is 236 g/mol. The van der Waals surface area contributed by atoms with Crippen LogP contribution in [0.3, 0.4) is 0 Å². The van der Waals surface area contributed by atoms with E-state index in [1.165, 1.54) is 0 Å². The highest BCUT2D eigenvalue weighted by Gasteiger charge is 2.25. The normalized spacial score (nSPS) is 21.8.